The average molecular weight is 499 g/mol. The van der Waals surface area contributed by atoms with Crippen LogP contribution in [0.25, 0.3) is 0 Å². The number of benzene rings is 1. The number of ether oxygens (including phenoxy) is 4. The predicted octanol–water partition coefficient (Wildman–Crippen LogP) is 2.88. The molecule has 4 rings (SSSR count). The predicted molar refractivity (Wildman–Crippen MR) is 126 cm³/mol. The SMILES string of the molecule is COC[C@H](C)Oc1cc(Oc2nc3c(cc2F)C(=O)N(C)CCO3)cc(C(=O)Nc2ccn(C)n2)c1. The smallest absolute Gasteiger partial charge is 0.259 e. The molecule has 1 atom stereocenters. The van der Waals surface area contributed by atoms with Crippen molar-refractivity contribution < 1.29 is 32.9 Å². The van der Waals surface area contributed by atoms with Crippen molar-refractivity contribution in [2.75, 3.05) is 39.2 Å². The lowest BCUT2D eigenvalue weighted by Gasteiger charge is -2.16. The summed E-state index contributed by atoms with van der Waals surface area (Å²) in [6.45, 7) is 2.64. The van der Waals surface area contributed by atoms with E-state index in [0.717, 1.165) is 6.07 Å². The first-order chi connectivity index (χ1) is 17.2. The number of halogens is 1. The minimum Gasteiger partial charge on any atom is -0.488 e. The molecule has 0 unspecified atom stereocenters. The highest BCUT2D eigenvalue weighted by Crippen LogP contribution is 2.32. The topological polar surface area (TPSA) is 117 Å². The number of rotatable bonds is 8. The fourth-order valence-corrected chi connectivity index (χ4v) is 3.49. The molecule has 12 heteroatoms. The van der Waals surface area contributed by atoms with E-state index in [2.05, 4.69) is 15.4 Å². The minimum atomic E-state index is -0.862. The molecule has 2 amide bonds. The first-order valence-corrected chi connectivity index (χ1v) is 11.1. The van der Waals surface area contributed by atoms with Gasteiger partial charge in [-0.05, 0) is 25.1 Å². The highest BCUT2D eigenvalue weighted by molar-refractivity contribution is 6.04. The lowest BCUT2D eigenvalue weighted by Crippen LogP contribution is -2.27. The molecule has 2 aromatic heterocycles. The molecule has 3 heterocycles. The van der Waals surface area contributed by atoms with Crippen LogP contribution >= 0.6 is 0 Å². The van der Waals surface area contributed by atoms with Crippen LogP contribution < -0.4 is 19.5 Å². The van der Waals surface area contributed by atoms with Gasteiger partial charge in [-0.1, -0.05) is 0 Å². The third kappa shape index (κ3) is 5.71. The Balaban J connectivity index is 1.65. The van der Waals surface area contributed by atoms with Gasteiger partial charge in [0.15, 0.2) is 11.6 Å². The van der Waals surface area contributed by atoms with Gasteiger partial charge < -0.3 is 29.2 Å². The standard InChI is InChI=1S/C24H26FN5O6/c1-14(13-33-4)35-16-9-15(21(31)26-20-5-6-30(3)28-20)10-17(11-16)36-23-19(25)12-18-22(27-23)34-8-7-29(2)24(18)32/h5-6,9-12,14H,7-8,13H2,1-4H3,(H,26,28,31)/t14-/m0/s1. The first-order valence-electron chi connectivity index (χ1n) is 11.1. The molecule has 0 radical (unpaired) electrons. The number of amides is 2. The quantitative estimate of drug-likeness (QED) is 0.503. The summed E-state index contributed by atoms with van der Waals surface area (Å²) in [7, 11) is 4.86. The van der Waals surface area contributed by atoms with E-state index in [9.17, 15) is 14.0 Å². The maximum absolute atomic E-state index is 14.9. The molecule has 190 valence electrons. The molecular weight excluding hydrogens is 473 g/mol. The molecule has 36 heavy (non-hydrogen) atoms. The van der Waals surface area contributed by atoms with Crippen LogP contribution in [0.3, 0.4) is 0 Å². The van der Waals surface area contributed by atoms with Crippen molar-refractivity contribution in [1.82, 2.24) is 19.7 Å². The van der Waals surface area contributed by atoms with Gasteiger partial charge in [0.1, 0.15) is 29.8 Å². The third-order valence-electron chi connectivity index (χ3n) is 5.20. The summed E-state index contributed by atoms with van der Waals surface area (Å²) in [5.41, 5.74) is 0.182. The van der Waals surface area contributed by atoms with Gasteiger partial charge in [0.05, 0.1) is 13.2 Å². The van der Waals surface area contributed by atoms with Crippen LogP contribution in [-0.2, 0) is 11.8 Å². The van der Waals surface area contributed by atoms with Crippen LogP contribution in [0.5, 0.6) is 23.3 Å². The van der Waals surface area contributed by atoms with Gasteiger partial charge in [0, 0.05) is 45.1 Å². The number of hydrogen-bond donors (Lipinski definition) is 1. The fourth-order valence-electron chi connectivity index (χ4n) is 3.49. The van der Waals surface area contributed by atoms with Crippen molar-refractivity contribution in [3.05, 3.63) is 53.5 Å². The second kappa shape index (κ2) is 10.6. The second-order valence-corrected chi connectivity index (χ2v) is 8.21. The number of carbonyl (C=O) groups excluding carboxylic acids is 2. The number of nitrogens with zero attached hydrogens (tertiary/aromatic N) is 4. The van der Waals surface area contributed by atoms with Crippen LogP contribution in [0.1, 0.15) is 27.6 Å². The minimum absolute atomic E-state index is 0.000697. The van der Waals surface area contributed by atoms with Gasteiger partial charge in [0.25, 0.3) is 17.7 Å². The van der Waals surface area contributed by atoms with Gasteiger partial charge in [-0.25, -0.2) is 4.39 Å². The summed E-state index contributed by atoms with van der Waals surface area (Å²) in [5.74, 6) is -1.45. The second-order valence-electron chi connectivity index (χ2n) is 8.21. The molecule has 0 fully saturated rings. The highest BCUT2D eigenvalue weighted by atomic mass is 19.1. The zero-order valence-electron chi connectivity index (χ0n) is 20.3. The van der Waals surface area contributed by atoms with Gasteiger partial charge >= 0.3 is 0 Å². The van der Waals surface area contributed by atoms with Crippen molar-refractivity contribution in [2.24, 2.45) is 7.05 Å². The van der Waals surface area contributed by atoms with E-state index in [4.69, 9.17) is 18.9 Å². The Hall–Kier alpha value is -4.19. The molecule has 1 N–H and O–H groups in total. The Kier molecular flexibility index (Phi) is 7.34. The summed E-state index contributed by atoms with van der Waals surface area (Å²) in [6.07, 6.45) is 1.35. The van der Waals surface area contributed by atoms with Crippen LogP contribution in [0.4, 0.5) is 10.2 Å². The molecule has 0 saturated carbocycles. The van der Waals surface area contributed by atoms with Gasteiger partial charge in [-0.2, -0.15) is 10.1 Å². The number of pyridine rings is 1. The molecular formula is C24H26FN5O6. The van der Waals surface area contributed by atoms with Crippen LogP contribution in [0.2, 0.25) is 0 Å². The van der Waals surface area contributed by atoms with Crippen LogP contribution in [-0.4, -0.2) is 71.5 Å². The summed E-state index contributed by atoms with van der Waals surface area (Å²) < 4.78 is 38.6. The zero-order chi connectivity index (χ0) is 25.8. The number of methoxy groups -OCH3 is 1. The number of aryl methyl sites for hydroxylation is 1. The van der Waals surface area contributed by atoms with E-state index in [0.29, 0.717) is 24.7 Å². The van der Waals surface area contributed by atoms with E-state index in [1.54, 1.807) is 45.1 Å². The Morgan fingerprint density at radius 2 is 2.03 bits per heavy atom. The normalized spacial score (nSPS) is 13.9. The number of fused-ring (bicyclic) bond motifs is 1. The van der Waals surface area contributed by atoms with Crippen molar-refractivity contribution in [3.63, 3.8) is 0 Å². The monoisotopic (exact) mass is 499 g/mol. The summed E-state index contributed by atoms with van der Waals surface area (Å²) >= 11 is 0. The molecule has 0 aliphatic carbocycles. The summed E-state index contributed by atoms with van der Waals surface area (Å²) in [5, 5.41) is 6.82. The van der Waals surface area contributed by atoms with Crippen molar-refractivity contribution in [1.29, 1.82) is 0 Å². The first kappa shape index (κ1) is 24.9. The maximum Gasteiger partial charge on any atom is 0.259 e. The van der Waals surface area contributed by atoms with Gasteiger partial charge in [-0.15, -0.1) is 0 Å². The molecule has 11 nitrogen and oxygen atoms in total. The molecule has 1 aliphatic rings. The Morgan fingerprint density at radius 1 is 1.25 bits per heavy atom. The summed E-state index contributed by atoms with van der Waals surface area (Å²) in [6, 6.07) is 7.10. The number of anilines is 1. The molecule has 1 aliphatic heterocycles. The van der Waals surface area contributed by atoms with Gasteiger partial charge in [0.2, 0.25) is 5.88 Å². The molecule has 1 aromatic carbocycles. The van der Waals surface area contributed by atoms with E-state index in [1.807, 2.05) is 0 Å². The van der Waals surface area contributed by atoms with E-state index in [1.165, 1.54) is 23.1 Å². The zero-order valence-corrected chi connectivity index (χ0v) is 20.3. The average Bonchev–Trinajstić information content (AvgIpc) is 3.18. The van der Waals surface area contributed by atoms with Crippen molar-refractivity contribution >= 4 is 17.6 Å². The summed E-state index contributed by atoms with van der Waals surface area (Å²) in [4.78, 5) is 30.9. The number of carbonyl (C=O) groups is 2. The van der Waals surface area contributed by atoms with Crippen molar-refractivity contribution in [2.45, 2.75) is 13.0 Å². The molecule has 3 aromatic rings. The largest absolute Gasteiger partial charge is 0.488 e. The lowest BCUT2D eigenvalue weighted by atomic mass is 10.2. The van der Waals surface area contributed by atoms with E-state index >= 15 is 0 Å². The van der Waals surface area contributed by atoms with Crippen LogP contribution in [0, 0.1) is 5.82 Å². The molecule has 0 bridgehead atoms. The maximum atomic E-state index is 14.9. The fraction of sp³-hybridized carbons (Fsp3) is 0.333. The lowest BCUT2D eigenvalue weighted by molar-refractivity contribution is 0.0796. The van der Waals surface area contributed by atoms with E-state index < -0.39 is 23.5 Å². The Labute approximate surface area is 206 Å². The number of nitrogens with one attached hydrogen (secondary N) is 1. The van der Waals surface area contributed by atoms with Gasteiger partial charge in [-0.3, -0.25) is 14.3 Å². The van der Waals surface area contributed by atoms with E-state index in [-0.39, 0.29) is 35.5 Å². The highest BCUT2D eigenvalue weighted by Gasteiger charge is 2.26. The van der Waals surface area contributed by atoms with Crippen LogP contribution in [0.15, 0.2) is 36.5 Å². The molecule has 0 spiro atoms. The number of aromatic nitrogens is 3. The third-order valence-corrected chi connectivity index (χ3v) is 5.20. The number of hydrogen-bond acceptors (Lipinski definition) is 8. The Bertz CT molecular complexity index is 1280. The Morgan fingerprint density at radius 3 is 2.75 bits per heavy atom. The molecule has 0 saturated heterocycles. The van der Waals surface area contributed by atoms with Crippen molar-refractivity contribution in [3.8, 4) is 23.3 Å². The number of likely N-dealkylation sites (N-methyl/N-ethyl adjacent to an activating group) is 1.